The van der Waals surface area contributed by atoms with Crippen molar-refractivity contribution < 1.29 is 23.0 Å². The second kappa shape index (κ2) is 7.83. The number of aromatic hydroxyl groups is 1. The molecular formula is C18H25F3N2O2. The smallest absolute Gasteiger partial charge is 0.504 e. The fourth-order valence-corrected chi connectivity index (χ4v) is 4.14. The maximum absolute atomic E-state index is 12.6. The van der Waals surface area contributed by atoms with E-state index < -0.39 is 12.1 Å². The molecule has 1 aromatic rings. The SMILES string of the molecule is Oc1c(OC(F)(F)F)cccc1[C@@H](C1CCCCC1)N1CCNCC1. The summed E-state index contributed by atoms with van der Waals surface area (Å²) >= 11 is 0. The molecule has 7 heteroatoms. The maximum Gasteiger partial charge on any atom is 0.573 e. The molecule has 3 rings (SSSR count). The topological polar surface area (TPSA) is 44.7 Å². The monoisotopic (exact) mass is 358 g/mol. The van der Waals surface area contributed by atoms with Gasteiger partial charge in [-0.15, -0.1) is 13.2 Å². The molecule has 25 heavy (non-hydrogen) atoms. The van der Waals surface area contributed by atoms with Crippen molar-refractivity contribution in [2.45, 2.75) is 44.5 Å². The highest BCUT2D eigenvalue weighted by Gasteiger charge is 2.36. The lowest BCUT2D eigenvalue weighted by atomic mass is 9.80. The minimum atomic E-state index is -4.81. The lowest BCUT2D eigenvalue weighted by Crippen LogP contribution is -2.47. The Balaban J connectivity index is 1.93. The highest BCUT2D eigenvalue weighted by atomic mass is 19.4. The fraction of sp³-hybridized carbons (Fsp3) is 0.667. The highest BCUT2D eigenvalue weighted by molar-refractivity contribution is 5.47. The number of phenolic OH excluding ortho intramolecular Hbond substituents is 1. The molecule has 140 valence electrons. The van der Waals surface area contributed by atoms with Gasteiger partial charge in [0, 0.05) is 37.8 Å². The number of phenols is 1. The van der Waals surface area contributed by atoms with Gasteiger partial charge in [0.15, 0.2) is 11.5 Å². The summed E-state index contributed by atoms with van der Waals surface area (Å²) in [6.45, 7) is 3.35. The Kier molecular flexibility index (Phi) is 5.74. The molecule has 1 aromatic carbocycles. The number of hydrogen-bond donors (Lipinski definition) is 2. The Morgan fingerprint density at radius 1 is 1.12 bits per heavy atom. The molecule has 0 bridgehead atoms. The van der Waals surface area contributed by atoms with Gasteiger partial charge in [-0.1, -0.05) is 31.4 Å². The second-order valence-corrected chi connectivity index (χ2v) is 6.87. The first kappa shape index (κ1) is 18.3. The largest absolute Gasteiger partial charge is 0.573 e. The van der Waals surface area contributed by atoms with Crippen LogP contribution in [0.2, 0.25) is 0 Å². The molecule has 1 aliphatic heterocycles. The van der Waals surface area contributed by atoms with Gasteiger partial charge in [-0.3, -0.25) is 4.90 Å². The Morgan fingerprint density at radius 2 is 1.80 bits per heavy atom. The Bertz CT molecular complexity index is 550. The zero-order valence-electron chi connectivity index (χ0n) is 14.2. The molecule has 2 N–H and O–H groups in total. The van der Waals surface area contributed by atoms with Crippen molar-refractivity contribution in [3.63, 3.8) is 0 Å². The number of piperazine rings is 1. The first-order valence-electron chi connectivity index (χ1n) is 8.98. The molecule has 0 spiro atoms. The molecule has 1 saturated heterocycles. The summed E-state index contributed by atoms with van der Waals surface area (Å²) in [4.78, 5) is 2.29. The molecule has 1 saturated carbocycles. The van der Waals surface area contributed by atoms with Crippen LogP contribution in [0, 0.1) is 5.92 Å². The van der Waals surface area contributed by atoms with Gasteiger partial charge in [0.1, 0.15) is 0 Å². The minimum absolute atomic E-state index is 0.0702. The first-order valence-corrected chi connectivity index (χ1v) is 8.98. The van der Waals surface area contributed by atoms with Crippen molar-refractivity contribution in [3.05, 3.63) is 23.8 Å². The molecule has 4 nitrogen and oxygen atoms in total. The second-order valence-electron chi connectivity index (χ2n) is 6.87. The van der Waals surface area contributed by atoms with Gasteiger partial charge in [0.05, 0.1) is 0 Å². The molecule has 2 fully saturated rings. The van der Waals surface area contributed by atoms with Gasteiger partial charge in [-0.05, 0) is 24.8 Å². The van der Waals surface area contributed by atoms with Crippen molar-refractivity contribution in [1.29, 1.82) is 0 Å². The van der Waals surface area contributed by atoms with Crippen LogP contribution in [0.1, 0.15) is 43.7 Å². The van der Waals surface area contributed by atoms with Gasteiger partial charge in [0.2, 0.25) is 0 Å². The molecule has 1 aliphatic carbocycles. The van der Waals surface area contributed by atoms with E-state index in [1.54, 1.807) is 6.07 Å². The third-order valence-electron chi connectivity index (χ3n) is 5.22. The van der Waals surface area contributed by atoms with Crippen molar-refractivity contribution in [2.75, 3.05) is 26.2 Å². The summed E-state index contributed by atoms with van der Waals surface area (Å²) in [6, 6.07) is 4.37. The number of benzene rings is 1. The van der Waals surface area contributed by atoms with Crippen molar-refractivity contribution >= 4 is 0 Å². The lowest BCUT2D eigenvalue weighted by molar-refractivity contribution is -0.275. The predicted molar refractivity (Wildman–Crippen MR) is 88.5 cm³/mol. The summed E-state index contributed by atoms with van der Waals surface area (Å²) in [5, 5.41) is 13.8. The van der Waals surface area contributed by atoms with Crippen LogP contribution in [-0.2, 0) is 0 Å². The molecule has 0 radical (unpaired) electrons. The maximum atomic E-state index is 12.6. The van der Waals surface area contributed by atoms with Crippen LogP contribution in [0.25, 0.3) is 0 Å². The summed E-state index contributed by atoms with van der Waals surface area (Å²) in [5.41, 5.74) is 0.551. The standard InChI is InChI=1S/C18H25F3N2O2/c19-18(20,21)25-15-8-4-7-14(17(15)24)16(13-5-2-1-3-6-13)23-11-9-22-10-12-23/h4,7-8,13,16,22,24H,1-3,5-6,9-12H2/t16-/m1/s1. The molecular weight excluding hydrogens is 333 g/mol. The third kappa shape index (κ3) is 4.58. The van der Waals surface area contributed by atoms with E-state index in [2.05, 4.69) is 15.0 Å². The van der Waals surface area contributed by atoms with Gasteiger partial charge >= 0.3 is 6.36 Å². The summed E-state index contributed by atoms with van der Waals surface area (Å²) in [5.74, 6) is -0.547. The quantitative estimate of drug-likeness (QED) is 0.859. The third-order valence-corrected chi connectivity index (χ3v) is 5.22. The average Bonchev–Trinajstić information content (AvgIpc) is 2.59. The number of para-hydroxylation sites is 1. The van der Waals surface area contributed by atoms with Crippen LogP contribution in [0.3, 0.4) is 0 Å². The first-order chi connectivity index (χ1) is 12.0. The van der Waals surface area contributed by atoms with Crippen LogP contribution in [0.5, 0.6) is 11.5 Å². The Hall–Kier alpha value is -1.47. The Morgan fingerprint density at radius 3 is 2.44 bits per heavy atom. The van der Waals surface area contributed by atoms with E-state index in [-0.39, 0.29) is 11.8 Å². The fourth-order valence-electron chi connectivity index (χ4n) is 4.14. The summed E-state index contributed by atoms with van der Waals surface area (Å²) in [7, 11) is 0. The minimum Gasteiger partial charge on any atom is -0.504 e. The van der Waals surface area contributed by atoms with Gasteiger partial charge < -0.3 is 15.2 Å². The van der Waals surface area contributed by atoms with Gasteiger partial charge in [-0.25, -0.2) is 0 Å². The van der Waals surface area contributed by atoms with Crippen molar-refractivity contribution in [1.82, 2.24) is 10.2 Å². The zero-order valence-corrected chi connectivity index (χ0v) is 14.2. The number of halogens is 3. The number of rotatable bonds is 4. The molecule has 0 unspecified atom stereocenters. The molecule has 1 atom stereocenters. The number of alkyl halides is 3. The Labute approximate surface area is 146 Å². The van der Waals surface area contributed by atoms with E-state index >= 15 is 0 Å². The zero-order chi connectivity index (χ0) is 17.9. The number of nitrogens with zero attached hydrogens (tertiary/aromatic N) is 1. The number of ether oxygens (including phenoxy) is 1. The highest BCUT2D eigenvalue weighted by Crippen LogP contribution is 2.45. The predicted octanol–water partition coefficient (Wildman–Crippen LogP) is 3.82. The van der Waals surface area contributed by atoms with Crippen LogP contribution in [0.4, 0.5) is 13.2 Å². The van der Waals surface area contributed by atoms with Crippen LogP contribution in [0.15, 0.2) is 18.2 Å². The van der Waals surface area contributed by atoms with E-state index in [1.807, 2.05) is 0 Å². The van der Waals surface area contributed by atoms with E-state index in [0.717, 1.165) is 51.9 Å². The van der Waals surface area contributed by atoms with Crippen LogP contribution in [-0.4, -0.2) is 42.5 Å². The van der Waals surface area contributed by atoms with E-state index in [9.17, 15) is 18.3 Å². The number of hydrogen-bond acceptors (Lipinski definition) is 4. The van der Waals surface area contributed by atoms with Crippen molar-refractivity contribution in [3.8, 4) is 11.5 Å². The molecule has 1 heterocycles. The van der Waals surface area contributed by atoms with E-state index in [4.69, 9.17) is 0 Å². The summed E-state index contributed by atoms with van der Waals surface area (Å²) in [6.07, 6.45) is 0.732. The van der Waals surface area contributed by atoms with E-state index in [0.29, 0.717) is 11.5 Å². The van der Waals surface area contributed by atoms with E-state index in [1.165, 1.54) is 18.6 Å². The summed E-state index contributed by atoms with van der Waals surface area (Å²) < 4.78 is 41.9. The number of nitrogens with one attached hydrogen (secondary N) is 1. The molecule has 0 amide bonds. The van der Waals surface area contributed by atoms with Crippen LogP contribution < -0.4 is 10.1 Å². The normalized spacial score (nSPS) is 21.9. The van der Waals surface area contributed by atoms with Gasteiger partial charge in [0.25, 0.3) is 0 Å². The van der Waals surface area contributed by atoms with Crippen LogP contribution >= 0.6 is 0 Å². The lowest BCUT2D eigenvalue weighted by Gasteiger charge is -2.41. The average molecular weight is 358 g/mol. The molecule has 2 aliphatic rings. The van der Waals surface area contributed by atoms with Gasteiger partial charge in [-0.2, -0.15) is 0 Å². The van der Waals surface area contributed by atoms with Crippen molar-refractivity contribution in [2.24, 2.45) is 5.92 Å². The molecule has 0 aromatic heterocycles.